The molecule has 0 radical (unpaired) electrons. The van der Waals surface area contributed by atoms with Crippen molar-refractivity contribution in [3.63, 3.8) is 0 Å². The zero-order valence-electron chi connectivity index (χ0n) is 24.5. The van der Waals surface area contributed by atoms with Gasteiger partial charge in [0, 0.05) is 29.1 Å². The van der Waals surface area contributed by atoms with Crippen LogP contribution in [0.5, 0.6) is 5.75 Å². The van der Waals surface area contributed by atoms with E-state index in [4.69, 9.17) is 32.6 Å². The number of rotatable bonds is 19. The minimum Gasteiger partial charge on any atom is -0.507 e. The van der Waals surface area contributed by atoms with Crippen molar-refractivity contribution in [3.8, 4) is 5.75 Å². The fourth-order valence-corrected chi connectivity index (χ4v) is 5.46. The molecular weight excluding hydrogens is 716 g/mol. The van der Waals surface area contributed by atoms with Gasteiger partial charge >= 0.3 is 0 Å². The molecule has 256 valence electrons. The molecule has 4 aromatic rings. The molecule has 0 spiro atoms. The lowest BCUT2D eigenvalue weighted by Gasteiger charge is -2.11. The van der Waals surface area contributed by atoms with Gasteiger partial charge in [0.25, 0.3) is 0 Å². The van der Waals surface area contributed by atoms with Gasteiger partial charge in [0.2, 0.25) is 17.2 Å². The number of nitrogen functional groups attached to an aromatic ring is 1. The second kappa shape index (κ2) is 18.0. The van der Waals surface area contributed by atoms with Gasteiger partial charge in [0.15, 0.2) is 9.84 Å². The Kier molecular flexibility index (Phi) is 13.9. The molecule has 1 aromatic heterocycles. The van der Waals surface area contributed by atoms with Crippen molar-refractivity contribution in [2.75, 3.05) is 41.9 Å². The summed E-state index contributed by atoms with van der Waals surface area (Å²) in [6, 6.07) is 11.0. The predicted octanol–water partition coefficient (Wildman–Crippen LogP) is 6.36. The second-order valence-corrected chi connectivity index (χ2v) is 13.1. The van der Waals surface area contributed by atoms with Crippen LogP contribution in [0.4, 0.5) is 34.6 Å². The summed E-state index contributed by atoms with van der Waals surface area (Å²) in [7, 11) is -3.32. The molecule has 48 heavy (non-hydrogen) atoms. The van der Waals surface area contributed by atoms with Crippen molar-refractivity contribution in [2.45, 2.75) is 16.2 Å². The van der Waals surface area contributed by atoms with E-state index in [1.54, 1.807) is 36.4 Å². The van der Waals surface area contributed by atoms with E-state index in [0.717, 1.165) is 5.41 Å². The van der Waals surface area contributed by atoms with Gasteiger partial charge in [-0.2, -0.15) is 15.0 Å². The minimum absolute atomic E-state index is 0.0518. The SMILES string of the molecule is C=CS(=O)(=O)CCOCCCNc1nc(Cl)nc(Nc2ccc(N=Nc3c(N)ccc4cc(SOOO)cc(O)c34)c(SOOO)c2)n1. The van der Waals surface area contributed by atoms with Crippen molar-refractivity contribution >= 4 is 90.9 Å². The van der Waals surface area contributed by atoms with Gasteiger partial charge in [-0.15, -0.1) is 18.9 Å². The molecule has 18 nitrogen and oxygen atoms in total. The summed E-state index contributed by atoms with van der Waals surface area (Å²) in [5, 5.41) is 51.4. The number of nitrogens with zero attached hydrogens (tertiary/aromatic N) is 5. The molecule has 0 bridgehead atoms. The minimum atomic E-state index is -3.32. The fraction of sp³-hybridized carbons (Fsp3) is 0.192. The maximum Gasteiger partial charge on any atom is 0.233 e. The zero-order valence-corrected chi connectivity index (χ0v) is 27.7. The van der Waals surface area contributed by atoms with Crippen molar-refractivity contribution in [1.29, 1.82) is 0 Å². The number of aromatic hydroxyl groups is 1. The Bertz CT molecular complexity index is 1870. The highest BCUT2D eigenvalue weighted by Gasteiger charge is 2.14. The summed E-state index contributed by atoms with van der Waals surface area (Å²) in [6.45, 7) is 4.01. The number of hydrogen-bond acceptors (Lipinski definition) is 20. The normalized spacial score (nSPS) is 11.7. The first kappa shape index (κ1) is 37.0. The maximum absolute atomic E-state index is 11.4. The lowest BCUT2D eigenvalue weighted by atomic mass is 10.1. The number of azo groups is 1. The molecule has 0 unspecified atom stereocenters. The van der Waals surface area contributed by atoms with Crippen molar-refractivity contribution in [1.82, 2.24) is 15.0 Å². The summed E-state index contributed by atoms with van der Waals surface area (Å²) < 4.78 is 37.2. The van der Waals surface area contributed by atoms with Crippen LogP contribution in [0.1, 0.15) is 6.42 Å². The number of nitrogens with one attached hydrogen (secondary N) is 2. The number of hydrogen-bond donors (Lipinski definition) is 6. The summed E-state index contributed by atoms with van der Waals surface area (Å²) in [4.78, 5) is 13.2. The van der Waals surface area contributed by atoms with Crippen molar-refractivity contribution in [2.24, 2.45) is 10.2 Å². The van der Waals surface area contributed by atoms with E-state index in [-0.39, 0.29) is 52.4 Å². The van der Waals surface area contributed by atoms with Gasteiger partial charge in [-0.3, -0.25) is 0 Å². The number of halogens is 1. The maximum atomic E-state index is 11.4. The first-order valence-corrected chi connectivity index (χ1v) is 17.0. The topological polar surface area (TPSA) is 254 Å². The molecule has 22 heteroatoms. The summed E-state index contributed by atoms with van der Waals surface area (Å²) in [5.41, 5.74) is 7.28. The lowest BCUT2D eigenvalue weighted by molar-refractivity contribution is -0.432. The number of fused-ring (bicyclic) bond motifs is 1. The molecule has 0 amide bonds. The third-order valence-corrected chi connectivity index (χ3v) is 8.59. The number of sulfone groups is 1. The molecule has 0 saturated carbocycles. The van der Waals surface area contributed by atoms with E-state index in [1.165, 1.54) is 6.07 Å². The number of aromatic nitrogens is 3. The number of phenolic OH excluding ortho intramolecular Hbond substituents is 1. The summed E-state index contributed by atoms with van der Waals surface area (Å²) in [6.07, 6.45) is 0.531. The average molecular weight is 743 g/mol. The third-order valence-electron chi connectivity index (χ3n) is 5.99. The van der Waals surface area contributed by atoms with Gasteiger partial charge in [0.05, 0.1) is 52.4 Å². The van der Waals surface area contributed by atoms with Crippen LogP contribution in [0.2, 0.25) is 5.28 Å². The molecule has 0 aliphatic carbocycles. The molecule has 0 saturated heterocycles. The Hall–Kier alpha value is -3.87. The largest absolute Gasteiger partial charge is 0.507 e. The first-order chi connectivity index (χ1) is 23.1. The Morgan fingerprint density at radius 3 is 2.54 bits per heavy atom. The number of phenols is 1. The van der Waals surface area contributed by atoms with E-state index in [9.17, 15) is 13.5 Å². The zero-order chi connectivity index (χ0) is 34.5. The van der Waals surface area contributed by atoms with E-state index in [1.807, 2.05) is 0 Å². The summed E-state index contributed by atoms with van der Waals surface area (Å²) >= 11 is 7.39. The lowest BCUT2D eigenvalue weighted by Crippen LogP contribution is -2.13. The number of anilines is 4. The van der Waals surface area contributed by atoms with Crippen LogP contribution < -0.4 is 16.4 Å². The van der Waals surface area contributed by atoms with Gasteiger partial charge in [0.1, 0.15) is 17.1 Å². The fourth-order valence-electron chi connectivity index (χ4n) is 3.87. The third kappa shape index (κ3) is 10.8. The first-order valence-electron chi connectivity index (χ1n) is 13.4. The molecule has 0 atom stereocenters. The van der Waals surface area contributed by atoms with Gasteiger partial charge in [-0.05, 0) is 59.8 Å². The average Bonchev–Trinajstić information content (AvgIpc) is 3.06. The van der Waals surface area contributed by atoms with Crippen LogP contribution in [-0.2, 0) is 33.3 Å². The van der Waals surface area contributed by atoms with Crippen LogP contribution in [0, 0.1) is 0 Å². The molecule has 3 aromatic carbocycles. The quantitative estimate of drug-likeness (QED) is 0.0152. The van der Waals surface area contributed by atoms with Crippen molar-refractivity contribution in [3.05, 3.63) is 59.7 Å². The number of benzene rings is 3. The Labute approximate surface area is 286 Å². The Morgan fingerprint density at radius 2 is 1.77 bits per heavy atom. The molecule has 0 aliphatic heterocycles. The molecular formula is C26H27ClN8O10S3. The highest BCUT2D eigenvalue weighted by molar-refractivity contribution is 7.95. The van der Waals surface area contributed by atoms with Gasteiger partial charge in [-0.1, -0.05) is 22.7 Å². The number of nitrogens with two attached hydrogens (primary N) is 1. The smallest absolute Gasteiger partial charge is 0.233 e. The molecule has 1 heterocycles. The highest BCUT2D eigenvalue weighted by atomic mass is 35.5. The summed E-state index contributed by atoms with van der Waals surface area (Å²) in [5.74, 6) is -0.0471. The van der Waals surface area contributed by atoms with E-state index in [2.05, 4.69) is 61.1 Å². The Morgan fingerprint density at radius 1 is 1.00 bits per heavy atom. The standard InChI is InChI=1S/C26H27ClN8O10S3/c1-2-48(39,40)11-10-41-9-3-8-29-25-31-24(27)32-26(33-25)30-16-5-7-19(21(13-16)47-45-43-38)34-35-23-18(28)6-4-15-12-17(46-44-42-37)14-20(36)22(15)23/h2,4-7,12-14,36-38H,1,3,8-11,28H2,(H2,29,30,31,32,33). The van der Waals surface area contributed by atoms with Crippen LogP contribution in [0.25, 0.3) is 10.8 Å². The van der Waals surface area contributed by atoms with Crippen molar-refractivity contribution < 1.29 is 47.5 Å². The van der Waals surface area contributed by atoms with E-state index < -0.39 is 9.84 Å². The van der Waals surface area contributed by atoms with Gasteiger partial charge in [-0.25, -0.2) is 18.9 Å². The monoisotopic (exact) mass is 742 g/mol. The number of ether oxygens (including phenoxy) is 1. The molecule has 0 fully saturated rings. The molecule has 0 aliphatic rings. The molecule has 4 rings (SSSR count). The second-order valence-electron chi connectivity index (χ2n) is 9.18. The van der Waals surface area contributed by atoms with Crippen LogP contribution in [0.3, 0.4) is 0 Å². The Balaban J connectivity index is 1.47. The van der Waals surface area contributed by atoms with Crippen LogP contribution in [0.15, 0.2) is 74.5 Å². The van der Waals surface area contributed by atoms with Crippen LogP contribution in [-0.4, -0.2) is 64.5 Å². The molecule has 7 N–H and O–H groups in total. The van der Waals surface area contributed by atoms with Crippen LogP contribution >= 0.6 is 35.7 Å². The predicted molar refractivity (Wildman–Crippen MR) is 178 cm³/mol. The highest BCUT2D eigenvalue weighted by Crippen LogP contribution is 2.42. The van der Waals surface area contributed by atoms with E-state index >= 15 is 0 Å². The van der Waals surface area contributed by atoms with E-state index in [0.29, 0.717) is 69.9 Å². The van der Waals surface area contributed by atoms with Gasteiger partial charge < -0.3 is 26.2 Å².